The van der Waals surface area contributed by atoms with E-state index in [-0.39, 0.29) is 0 Å². The Balaban J connectivity index is 4.34. The van der Waals surface area contributed by atoms with E-state index in [0.29, 0.717) is 0 Å². The predicted molar refractivity (Wildman–Crippen MR) is 38.2 cm³/mol. The van der Waals surface area contributed by atoms with E-state index >= 15 is 0 Å². The van der Waals surface area contributed by atoms with E-state index in [2.05, 4.69) is 10.7 Å². The van der Waals surface area contributed by atoms with Crippen LogP contribution in [-0.4, -0.2) is 45.7 Å². The van der Waals surface area contributed by atoms with E-state index in [1.54, 1.807) is 0 Å². The van der Waals surface area contributed by atoms with Crippen LogP contribution in [0, 0.1) is 0 Å². The van der Waals surface area contributed by atoms with Gasteiger partial charge in [0.25, 0.3) is 5.97 Å². The first-order valence-corrected chi connectivity index (χ1v) is 3.00. The second-order valence-electron chi connectivity index (χ2n) is 2.62. The lowest BCUT2D eigenvalue weighted by Gasteiger charge is -2.25. The van der Waals surface area contributed by atoms with E-state index in [4.69, 9.17) is 20.4 Å². The van der Waals surface area contributed by atoms with Crippen LogP contribution in [0.5, 0.6) is 0 Å². The van der Waals surface area contributed by atoms with Crippen molar-refractivity contribution in [2.75, 3.05) is 0 Å². The molecule has 0 rings (SSSR count). The quantitative estimate of drug-likeness (QED) is 0.170. The lowest BCUT2D eigenvalue weighted by Crippen LogP contribution is -2.49. The topological polar surface area (TPSA) is 133 Å². The third-order valence-corrected chi connectivity index (χ3v) is 1.22. The van der Waals surface area contributed by atoms with Crippen LogP contribution in [0.3, 0.4) is 0 Å². The highest BCUT2D eigenvalue weighted by atomic mass is 16.8. The lowest BCUT2D eigenvalue weighted by molar-refractivity contribution is -0.352. The average Bonchev–Trinajstić information content (AvgIpc) is 1.85. The molecule has 0 aromatic carbocycles. The number of carboxylic acid groups (broad SMARTS) is 1. The normalized spacial score (nSPS) is 17.0. The number of nitrogens with two attached hydrogens (primary N) is 1. The van der Waals surface area contributed by atoms with Gasteiger partial charge in [-0.15, -0.1) is 0 Å². The fourth-order valence-corrected chi connectivity index (χ4v) is 0.566. The Morgan fingerprint density at radius 2 is 1.92 bits per heavy atom. The van der Waals surface area contributed by atoms with E-state index < -0.39 is 23.9 Å². The Morgan fingerprint density at radius 1 is 1.50 bits per heavy atom. The highest BCUT2D eigenvalue weighted by Crippen LogP contribution is 2.15. The van der Waals surface area contributed by atoms with Crippen molar-refractivity contribution in [3.05, 3.63) is 0 Å². The van der Waals surface area contributed by atoms with Crippen LogP contribution >= 0.6 is 0 Å². The third-order valence-electron chi connectivity index (χ3n) is 1.22. The van der Waals surface area contributed by atoms with Crippen molar-refractivity contribution in [2.45, 2.75) is 17.9 Å². The van der Waals surface area contributed by atoms with Crippen LogP contribution in [0.2, 0.25) is 0 Å². The second-order valence-corrected chi connectivity index (χ2v) is 2.62. The molecule has 8 heteroatoms. The van der Waals surface area contributed by atoms with E-state index in [0.717, 1.165) is 7.85 Å². The van der Waals surface area contributed by atoms with Crippen molar-refractivity contribution < 1.29 is 30.1 Å². The summed E-state index contributed by atoms with van der Waals surface area (Å²) in [5, 5.41) is 34.7. The zero-order chi connectivity index (χ0) is 9.99. The molecular formula is C4H10BNO6. The highest BCUT2D eigenvalue weighted by molar-refractivity contribution is 6.25. The predicted octanol–water partition coefficient (Wildman–Crippen LogP) is -3.69. The van der Waals surface area contributed by atoms with E-state index in [1.165, 1.54) is 0 Å². The summed E-state index contributed by atoms with van der Waals surface area (Å²) in [6, 6.07) is 0. The molecule has 0 saturated carbocycles. The highest BCUT2D eigenvalue weighted by Gasteiger charge is 2.40. The third kappa shape index (κ3) is 3.16. The van der Waals surface area contributed by atoms with Crippen molar-refractivity contribution in [3.63, 3.8) is 0 Å². The van der Waals surface area contributed by atoms with Gasteiger partial charge < -0.3 is 20.4 Å². The van der Waals surface area contributed by atoms with Gasteiger partial charge in [0.2, 0.25) is 0 Å². The van der Waals surface area contributed by atoms with Crippen LogP contribution < -0.4 is 5.90 Å². The minimum absolute atomic E-state index is 0.884. The van der Waals surface area contributed by atoms with Gasteiger partial charge in [0.15, 0.2) is 7.85 Å². The molecule has 0 bridgehead atoms. The molecule has 12 heavy (non-hydrogen) atoms. The molecule has 0 spiro atoms. The van der Waals surface area contributed by atoms with Crippen molar-refractivity contribution in [2.24, 2.45) is 5.90 Å². The van der Waals surface area contributed by atoms with Crippen LogP contribution in [-0.2, 0) is 9.63 Å². The van der Waals surface area contributed by atoms with Crippen LogP contribution in [0.25, 0.3) is 0 Å². The van der Waals surface area contributed by atoms with Gasteiger partial charge in [-0.2, -0.15) is 0 Å². The summed E-state index contributed by atoms with van der Waals surface area (Å²) in [6.07, 6.45) is -0.953. The molecule has 0 aliphatic rings. The Bertz CT molecular complexity index is 180. The van der Waals surface area contributed by atoms with Crippen molar-refractivity contribution >= 4 is 13.8 Å². The Labute approximate surface area is 68.7 Å². The summed E-state index contributed by atoms with van der Waals surface area (Å²) in [5.74, 6) is -0.0404. The van der Waals surface area contributed by atoms with E-state index in [1.807, 2.05) is 0 Å². The van der Waals surface area contributed by atoms with Crippen molar-refractivity contribution in [1.82, 2.24) is 0 Å². The molecule has 0 aliphatic carbocycles. The van der Waals surface area contributed by atoms with Gasteiger partial charge in [0, 0.05) is 0 Å². The number of aliphatic hydroxyl groups is 3. The molecule has 0 unspecified atom stereocenters. The maximum Gasteiger partial charge on any atom is 0.326 e. The largest absolute Gasteiger partial charge is 0.480 e. The summed E-state index contributed by atoms with van der Waals surface area (Å²) < 4.78 is 0. The standard InChI is InChI=1S/C4H10BNO6/c5-3(9,2(7)8)1-4(10,11)12-6/h9-11H,1,5-6H2,(H,7,8)/t3-/m0/s1. The van der Waals surface area contributed by atoms with Gasteiger partial charge >= 0.3 is 5.97 Å². The number of hydrogen-bond donors (Lipinski definition) is 5. The number of carbonyl (C=O) groups is 1. The number of hydrogen-bond acceptors (Lipinski definition) is 6. The van der Waals surface area contributed by atoms with Crippen LogP contribution in [0.15, 0.2) is 0 Å². The maximum absolute atomic E-state index is 10.2. The first kappa shape index (κ1) is 11.3. The molecular weight excluding hydrogens is 169 g/mol. The number of carboxylic acids is 1. The first-order chi connectivity index (χ1) is 5.21. The van der Waals surface area contributed by atoms with Gasteiger partial charge in [-0.3, -0.25) is 0 Å². The molecule has 6 N–H and O–H groups in total. The summed E-state index contributed by atoms with van der Waals surface area (Å²) in [4.78, 5) is 13.9. The average molecular weight is 179 g/mol. The monoisotopic (exact) mass is 179 g/mol. The first-order valence-electron chi connectivity index (χ1n) is 3.00. The minimum atomic E-state index is -2.85. The van der Waals surface area contributed by atoms with Crippen LogP contribution in [0.1, 0.15) is 6.42 Å². The Hall–Kier alpha value is -0.665. The molecule has 0 aromatic rings. The molecule has 0 aliphatic heterocycles. The van der Waals surface area contributed by atoms with Gasteiger partial charge in [0.1, 0.15) is 5.50 Å². The maximum atomic E-state index is 10.2. The molecule has 0 saturated heterocycles. The molecule has 7 nitrogen and oxygen atoms in total. The zero-order valence-electron chi connectivity index (χ0n) is 6.39. The number of aliphatic carboxylic acids is 1. The van der Waals surface area contributed by atoms with Gasteiger partial charge in [-0.05, 0) is 0 Å². The SMILES string of the molecule is B[C@](O)(CC(O)(O)ON)C(=O)O. The smallest absolute Gasteiger partial charge is 0.326 e. The summed E-state index contributed by atoms with van der Waals surface area (Å²) in [7, 11) is 0.884. The zero-order valence-corrected chi connectivity index (χ0v) is 6.39. The Kier molecular flexibility index (Phi) is 3.19. The van der Waals surface area contributed by atoms with Crippen molar-refractivity contribution in [1.29, 1.82) is 0 Å². The minimum Gasteiger partial charge on any atom is -0.480 e. The summed E-state index contributed by atoms with van der Waals surface area (Å²) in [6.45, 7) is 0. The lowest BCUT2D eigenvalue weighted by atomic mass is 9.78. The molecule has 0 heterocycles. The molecule has 0 fully saturated rings. The fourth-order valence-electron chi connectivity index (χ4n) is 0.566. The summed E-state index contributed by atoms with van der Waals surface area (Å²) in [5.41, 5.74) is -2.30. The van der Waals surface area contributed by atoms with Crippen molar-refractivity contribution in [3.8, 4) is 0 Å². The van der Waals surface area contributed by atoms with E-state index in [9.17, 15) is 4.79 Å². The molecule has 1 atom stereocenters. The second kappa shape index (κ2) is 3.38. The fraction of sp³-hybridized carbons (Fsp3) is 0.750. The summed E-state index contributed by atoms with van der Waals surface area (Å²) >= 11 is 0. The van der Waals surface area contributed by atoms with Gasteiger partial charge in [0.05, 0.1) is 6.42 Å². The van der Waals surface area contributed by atoms with Crippen LogP contribution in [0.4, 0.5) is 0 Å². The molecule has 70 valence electrons. The van der Waals surface area contributed by atoms with Gasteiger partial charge in [-0.25, -0.2) is 15.5 Å². The van der Waals surface area contributed by atoms with Gasteiger partial charge in [-0.1, -0.05) is 0 Å². The molecule has 0 radical (unpaired) electrons. The molecule has 0 amide bonds. The number of rotatable bonds is 4. The molecule has 0 aromatic heterocycles. The Morgan fingerprint density at radius 3 is 2.17 bits per heavy atom.